The monoisotopic (exact) mass is 357 g/mol. The van der Waals surface area contributed by atoms with Crippen LogP contribution in [-0.4, -0.2) is 60.0 Å². The van der Waals surface area contributed by atoms with Crippen molar-refractivity contribution in [1.29, 1.82) is 0 Å². The zero-order valence-corrected chi connectivity index (χ0v) is 15.3. The molecule has 7 heteroatoms. The standard InChI is InChI=1S/C18H23N5OS/c1-14-12-16(21-5-2-3-6-21)20-18(19-14)23-9-7-22(8-10-23)17(24)15-4-11-25-13-15/h4,11-13H,2-3,5-10H2,1H3. The van der Waals surface area contributed by atoms with E-state index < -0.39 is 0 Å². The molecule has 0 radical (unpaired) electrons. The molecule has 0 N–H and O–H groups in total. The van der Waals surface area contributed by atoms with Gasteiger partial charge in [-0.3, -0.25) is 4.79 Å². The predicted molar refractivity (Wildman–Crippen MR) is 101 cm³/mol. The van der Waals surface area contributed by atoms with Crippen LogP contribution in [-0.2, 0) is 0 Å². The van der Waals surface area contributed by atoms with Crippen molar-refractivity contribution >= 4 is 29.0 Å². The summed E-state index contributed by atoms with van der Waals surface area (Å²) in [4.78, 5) is 28.4. The summed E-state index contributed by atoms with van der Waals surface area (Å²) < 4.78 is 0. The van der Waals surface area contributed by atoms with Crippen molar-refractivity contribution in [3.8, 4) is 0 Å². The molecule has 0 atom stereocenters. The van der Waals surface area contributed by atoms with Crippen LogP contribution >= 0.6 is 11.3 Å². The third kappa shape index (κ3) is 3.46. The van der Waals surface area contributed by atoms with Gasteiger partial charge in [0, 0.05) is 56.4 Å². The summed E-state index contributed by atoms with van der Waals surface area (Å²) in [6, 6.07) is 3.97. The first kappa shape index (κ1) is 16.3. The molecule has 132 valence electrons. The highest BCUT2D eigenvalue weighted by molar-refractivity contribution is 7.08. The number of anilines is 2. The normalized spacial score (nSPS) is 18.0. The highest BCUT2D eigenvalue weighted by atomic mass is 32.1. The molecule has 0 saturated carbocycles. The molecule has 0 aromatic carbocycles. The maximum atomic E-state index is 12.5. The number of aryl methyl sites for hydroxylation is 1. The molecule has 2 aliphatic heterocycles. The fraction of sp³-hybridized carbons (Fsp3) is 0.500. The van der Waals surface area contributed by atoms with Gasteiger partial charge >= 0.3 is 0 Å². The van der Waals surface area contributed by atoms with E-state index in [1.165, 1.54) is 12.8 Å². The van der Waals surface area contributed by atoms with E-state index in [-0.39, 0.29) is 5.91 Å². The van der Waals surface area contributed by atoms with Crippen LogP contribution in [0.25, 0.3) is 0 Å². The van der Waals surface area contributed by atoms with Gasteiger partial charge in [0.1, 0.15) is 5.82 Å². The molecule has 25 heavy (non-hydrogen) atoms. The van der Waals surface area contributed by atoms with Crippen LogP contribution in [0.4, 0.5) is 11.8 Å². The Hall–Kier alpha value is -2.15. The van der Waals surface area contributed by atoms with Gasteiger partial charge in [-0.2, -0.15) is 16.3 Å². The number of thiophene rings is 1. The Morgan fingerprint density at radius 2 is 1.80 bits per heavy atom. The van der Waals surface area contributed by atoms with E-state index in [1.807, 2.05) is 28.7 Å². The molecular weight excluding hydrogens is 334 g/mol. The van der Waals surface area contributed by atoms with Crippen LogP contribution in [0.3, 0.4) is 0 Å². The third-order valence-corrected chi connectivity index (χ3v) is 5.56. The Morgan fingerprint density at radius 3 is 2.48 bits per heavy atom. The van der Waals surface area contributed by atoms with Crippen molar-refractivity contribution in [2.24, 2.45) is 0 Å². The Labute approximate surface area is 152 Å². The van der Waals surface area contributed by atoms with E-state index in [9.17, 15) is 4.79 Å². The van der Waals surface area contributed by atoms with E-state index in [0.717, 1.165) is 49.2 Å². The highest BCUT2D eigenvalue weighted by Crippen LogP contribution is 2.22. The number of hydrogen-bond acceptors (Lipinski definition) is 6. The number of amides is 1. The summed E-state index contributed by atoms with van der Waals surface area (Å²) in [5, 5.41) is 3.87. The second-order valence-electron chi connectivity index (χ2n) is 6.65. The predicted octanol–water partition coefficient (Wildman–Crippen LogP) is 2.41. The van der Waals surface area contributed by atoms with E-state index in [1.54, 1.807) is 11.3 Å². The van der Waals surface area contributed by atoms with E-state index in [0.29, 0.717) is 13.1 Å². The van der Waals surface area contributed by atoms with E-state index >= 15 is 0 Å². The molecule has 0 spiro atoms. The summed E-state index contributed by atoms with van der Waals surface area (Å²) in [7, 11) is 0. The summed E-state index contributed by atoms with van der Waals surface area (Å²) >= 11 is 1.56. The van der Waals surface area contributed by atoms with Crippen molar-refractivity contribution in [3.05, 3.63) is 34.2 Å². The second kappa shape index (κ2) is 7.00. The fourth-order valence-corrected chi connectivity index (χ4v) is 4.09. The molecule has 4 heterocycles. The van der Waals surface area contributed by atoms with Gasteiger partial charge in [0.15, 0.2) is 0 Å². The summed E-state index contributed by atoms with van der Waals surface area (Å²) in [6.07, 6.45) is 2.48. The lowest BCUT2D eigenvalue weighted by Gasteiger charge is -2.35. The zero-order valence-electron chi connectivity index (χ0n) is 14.5. The summed E-state index contributed by atoms with van der Waals surface area (Å²) in [6.45, 7) is 7.17. The first-order chi connectivity index (χ1) is 12.2. The third-order valence-electron chi connectivity index (χ3n) is 4.88. The summed E-state index contributed by atoms with van der Waals surface area (Å²) in [5.74, 6) is 1.96. The Kier molecular flexibility index (Phi) is 4.57. The van der Waals surface area contributed by atoms with E-state index in [2.05, 4.69) is 20.9 Å². The maximum absolute atomic E-state index is 12.5. The minimum absolute atomic E-state index is 0.129. The smallest absolute Gasteiger partial charge is 0.254 e. The van der Waals surface area contributed by atoms with Gasteiger partial charge < -0.3 is 14.7 Å². The van der Waals surface area contributed by atoms with Crippen LogP contribution in [0, 0.1) is 6.92 Å². The van der Waals surface area contributed by atoms with Crippen LogP contribution in [0.5, 0.6) is 0 Å². The number of piperazine rings is 1. The maximum Gasteiger partial charge on any atom is 0.254 e. The SMILES string of the molecule is Cc1cc(N2CCCC2)nc(N2CCN(C(=O)c3ccsc3)CC2)n1. The second-order valence-corrected chi connectivity index (χ2v) is 7.43. The number of nitrogens with zero attached hydrogens (tertiary/aromatic N) is 5. The van der Waals surface area contributed by atoms with Crippen LogP contribution in [0.1, 0.15) is 28.9 Å². The molecule has 1 amide bonds. The molecule has 2 aromatic rings. The molecule has 0 unspecified atom stereocenters. The number of aromatic nitrogens is 2. The Bertz CT molecular complexity index is 734. The fourth-order valence-electron chi connectivity index (χ4n) is 3.46. The quantitative estimate of drug-likeness (QED) is 0.844. The lowest BCUT2D eigenvalue weighted by Crippen LogP contribution is -2.49. The molecule has 2 aromatic heterocycles. The molecule has 2 fully saturated rings. The van der Waals surface area contributed by atoms with Crippen LogP contribution in [0.2, 0.25) is 0 Å². The largest absolute Gasteiger partial charge is 0.356 e. The number of carbonyl (C=O) groups is 1. The molecule has 2 aliphatic rings. The number of hydrogen-bond donors (Lipinski definition) is 0. The number of carbonyl (C=O) groups excluding carboxylic acids is 1. The Balaban J connectivity index is 1.44. The highest BCUT2D eigenvalue weighted by Gasteiger charge is 2.24. The molecule has 2 saturated heterocycles. The first-order valence-electron chi connectivity index (χ1n) is 8.88. The van der Waals surface area contributed by atoms with Crippen LogP contribution in [0.15, 0.2) is 22.9 Å². The molecule has 6 nitrogen and oxygen atoms in total. The van der Waals surface area contributed by atoms with Crippen molar-refractivity contribution in [1.82, 2.24) is 14.9 Å². The van der Waals surface area contributed by atoms with Crippen molar-refractivity contribution < 1.29 is 4.79 Å². The topological polar surface area (TPSA) is 52.6 Å². The minimum atomic E-state index is 0.129. The first-order valence-corrected chi connectivity index (χ1v) is 9.82. The number of rotatable bonds is 3. The van der Waals surface area contributed by atoms with Gasteiger partial charge in [-0.05, 0) is 31.2 Å². The van der Waals surface area contributed by atoms with Gasteiger partial charge in [0.25, 0.3) is 5.91 Å². The van der Waals surface area contributed by atoms with E-state index in [4.69, 9.17) is 4.98 Å². The minimum Gasteiger partial charge on any atom is -0.356 e. The van der Waals surface area contributed by atoms with Crippen molar-refractivity contribution in [2.45, 2.75) is 19.8 Å². The average Bonchev–Trinajstić information content (AvgIpc) is 3.34. The lowest BCUT2D eigenvalue weighted by molar-refractivity contribution is 0.0747. The zero-order chi connectivity index (χ0) is 17.2. The lowest BCUT2D eigenvalue weighted by atomic mass is 10.2. The molecular formula is C18H23N5OS. The van der Waals surface area contributed by atoms with Crippen LogP contribution < -0.4 is 9.80 Å². The van der Waals surface area contributed by atoms with Gasteiger partial charge in [-0.25, -0.2) is 4.98 Å². The van der Waals surface area contributed by atoms with Gasteiger partial charge in [0.2, 0.25) is 5.95 Å². The average molecular weight is 357 g/mol. The molecule has 0 bridgehead atoms. The van der Waals surface area contributed by atoms with Crippen molar-refractivity contribution in [3.63, 3.8) is 0 Å². The molecule has 4 rings (SSSR count). The van der Waals surface area contributed by atoms with Crippen molar-refractivity contribution in [2.75, 3.05) is 49.1 Å². The van der Waals surface area contributed by atoms with Gasteiger partial charge in [-0.15, -0.1) is 0 Å². The van der Waals surface area contributed by atoms with Gasteiger partial charge in [-0.1, -0.05) is 0 Å². The van der Waals surface area contributed by atoms with Gasteiger partial charge in [0.05, 0.1) is 5.56 Å². The molecule has 0 aliphatic carbocycles. The Morgan fingerprint density at radius 1 is 1.04 bits per heavy atom. The summed E-state index contributed by atoms with van der Waals surface area (Å²) in [5.41, 5.74) is 1.80.